The van der Waals surface area contributed by atoms with Gasteiger partial charge in [0, 0.05) is 0 Å². The predicted octanol–water partition coefficient (Wildman–Crippen LogP) is 2.79. The van der Waals surface area contributed by atoms with Crippen molar-refractivity contribution in [3.63, 3.8) is 0 Å². The number of para-hydroxylation sites is 1. The Balaban J connectivity index is 2.22. The van der Waals surface area contributed by atoms with Gasteiger partial charge in [0.15, 0.2) is 0 Å². The van der Waals surface area contributed by atoms with Crippen LogP contribution in [0.1, 0.15) is 5.56 Å². The van der Waals surface area contributed by atoms with Crippen LogP contribution in [0.4, 0.5) is 4.39 Å². The van der Waals surface area contributed by atoms with Gasteiger partial charge in [-0.15, -0.1) is 0 Å². The summed E-state index contributed by atoms with van der Waals surface area (Å²) in [5, 5.41) is 0. The van der Waals surface area contributed by atoms with Crippen molar-refractivity contribution in [2.45, 2.75) is 6.42 Å². The van der Waals surface area contributed by atoms with E-state index in [1.807, 2.05) is 22.7 Å². The first-order chi connectivity index (χ1) is 9.20. The van der Waals surface area contributed by atoms with Gasteiger partial charge >= 0.3 is 118 Å². The van der Waals surface area contributed by atoms with Gasteiger partial charge in [0.25, 0.3) is 0 Å². The molecule has 0 bridgehead atoms. The molecule has 0 aliphatic carbocycles. The molecule has 19 heavy (non-hydrogen) atoms. The van der Waals surface area contributed by atoms with E-state index in [1.165, 1.54) is 12.1 Å². The molecule has 0 saturated heterocycles. The van der Waals surface area contributed by atoms with E-state index in [0.29, 0.717) is 5.75 Å². The molecule has 0 heterocycles. The minimum absolute atomic E-state index is 0.0836. The summed E-state index contributed by atoms with van der Waals surface area (Å²) in [7, 11) is 0. The Labute approximate surface area is 118 Å². The van der Waals surface area contributed by atoms with Crippen LogP contribution < -0.4 is 4.74 Å². The summed E-state index contributed by atoms with van der Waals surface area (Å²) in [6.45, 7) is 0. The average Bonchev–Trinajstić information content (AvgIpc) is 2.44. The fraction of sp³-hybridized carbons (Fsp3) is 0.0714. The van der Waals surface area contributed by atoms with Crippen LogP contribution in [0.2, 0.25) is 0 Å². The Morgan fingerprint density at radius 3 is 2.53 bits per heavy atom. The molecule has 0 atom stereocenters. The van der Waals surface area contributed by atoms with Gasteiger partial charge in [-0.25, -0.2) is 0 Å². The number of carbonyl (C=O) groups is 1. The molecule has 0 aromatic heterocycles. The molecule has 3 nitrogen and oxygen atoms in total. The zero-order chi connectivity index (χ0) is 13.7. The summed E-state index contributed by atoms with van der Waals surface area (Å²) >= 11 is 1.85. The molecule has 0 radical (unpaired) electrons. The van der Waals surface area contributed by atoms with Crippen LogP contribution in [0.5, 0.6) is 11.5 Å². The Kier molecular flexibility index (Phi) is 4.56. The molecule has 2 aromatic carbocycles. The Morgan fingerprint density at radius 2 is 1.84 bits per heavy atom. The van der Waals surface area contributed by atoms with E-state index in [9.17, 15) is 9.18 Å². The van der Waals surface area contributed by atoms with Crippen LogP contribution in [0.3, 0.4) is 0 Å². The summed E-state index contributed by atoms with van der Waals surface area (Å²) in [6.07, 6.45) is -0.138. The van der Waals surface area contributed by atoms with E-state index in [0.717, 1.165) is 0 Å². The first-order valence-electron chi connectivity index (χ1n) is 5.60. The molecule has 92 valence electrons. The molecule has 0 aliphatic heterocycles. The third kappa shape index (κ3) is 3.57. The zero-order valence-electron chi connectivity index (χ0n) is 10.0. The van der Waals surface area contributed by atoms with Crippen LogP contribution >= 0.6 is 0 Å². The SMILES string of the molecule is O=C(Cc1cccc(Oc2ccccc2)c1F)[O][Al+2]. The van der Waals surface area contributed by atoms with E-state index < -0.39 is 11.8 Å². The normalized spacial score (nSPS) is 10.1. The fourth-order valence-electron chi connectivity index (χ4n) is 1.58. The molecule has 2 aromatic rings. The van der Waals surface area contributed by atoms with Gasteiger partial charge in [-0.05, 0) is 0 Å². The van der Waals surface area contributed by atoms with Gasteiger partial charge in [-0.3, -0.25) is 0 Å². The molecule has 0 saturated carbocycles. The van der Waals surface area contributed by atoms with Gasteiger partial charge in [-0.1, -0.05) is 0 Å². The fourth-order valence-corrected chi connectivity index (χ4v) is 1.67. The summed E-state index contributed by atoms with van der Waals surface area (Å²) in [4.78, 5) is 11.2. The van der Waals surface area contributed by atoms with Crippen LogP contribution in [0.25, 0.3) is 0 Å². The molecule has 5 heteroatoms. The second-order valence-corrected chi connectivity index (χ2v) is 4.05. The molecule has 0 fully saturated rings. The molecule has 0 aliphatic rings. The van der Waals surface area contributed by atoms with Gasteiger partial charge in [0.05, 0.1) is 0 Å². The summed E-state index contributed by atoms with van der Waals surface area (Å²) in [5.41, 5.74) is 0.237. The van der Waals surface area contributed by atoms with Crippen molar-refractivity contribution in [2.24, 2.45) is 0 Å². The van der Waals surface area contributed by atoms with Crippen molar-refractivity contribution < 1.29 is 17.7 Å². The Bertz CT molecular complexity index is 572. The van der Waals surface area contributed by atoms with Crippen molar-refractivity contribution in [3.05, 3.63) is 59.9 Å². The number of carbonyl (C=O) groups excluding carboxylic acids is 1. The topological polar surface area (TPSA) is 35.5 Å². The zero-order valence-corrected chi connectivity index (χ0v) is 11.2. The molecule has 0 amide bonds. The third-order valence-electron chi connectivity index (χ3n) is 2.48. The van der Waals surface area contributed by atoms with Crippen molar-refractivity contribution in [3.8, 4) is 11.5 Å². The van der Waals surface area contributed by atoms with Gasteiger partial charge in [-0.2, -0.15) is 0 Å². The summed E-state index contributed by atoms with van der Waals surface area (Å²) in [6, 6.07) is 13.5. The number of hydrogen-bond donors (Lipinski definition) is 0. The molecular formula is C14H10AlFO3+2. The van der Waals surface area contributed by atoms with E-state index in [2.05, 4.69) is 3.79 Å². The monoisotopic (exact) mass is 272 g/mol. The Morgan fingerprint density at radius 1 is 1.11 bits per heavy atom. The second kappa shape index (κ2) is 6.37. The van der Waals surface area contributed by atoms with Gasteiger partial charge in [0.1, 0.15) is 0 Å². The molecule has 0 spiro atoms. The first-order valence-corrected chi connectivity index (χ1v) is 6.07. The maximum absolute atomic E-state index is 14.1. The van der Waals surface area contributed by atoms with Gasteiger partial charge in [0.2, 0.25) is 0 Å². The standard InChI is InChI=1S/C14H11FO3.Al/c15-14-10(9-13(16)17)5-4-8-12(14)18-11-6-2-1-3-7-11;/h1-8H,9H2,(H,16,17);/q;+3/p-1. The quantitative estimate of drug-likeness (QED) is 0.803. The number of halogens is 1. The first kappa shape index (κ1) is 13.6. The summed E-state index contributed by atoms with van der Waals surface area (Å²) < 4.78 is 24.0. The number of rotatable bonds is 4. The van der Waals surface area contributed by atoms with E-state index in [1.54, 1.807) is 30.3 Å². The van der Waals surface area contributed by atoms with Crippen LogP contribution in [-0.2, 0) is 15.0 Å². The predicted molar refractivity (Wildman–Crippen MR) is 68.5 cm³/mol. The molecule has 2 rings (SSSR count). The molecule has 0 unspecified atom stereocenters. The van der Waals surface area contributed by atoms with Crippen molar-refractivity contribution in [1.82, 2.24) is 0 Å². The summed E-state index contributed by atoms with van der Waals surface area (Å²) in [5.74, 6) is -0.463. The second-order valence-electron chi connectivity index (χ2n) is 3.81. The van der Waals surface area contributed by atoms with Crippen molar-refractivity contribution >= 4 is 22.6 Å². The van der Waals surface area contributed by atoms with Crippen LogP contribution in [0, 0.1) is 5.82 Å². The number of benzene rings is 2. The molecule has 0 N–H and O–H groups in total. The van der Waals surface area contributed by atoms with Crippen molar-refractivity contribution in [1.29, 1.82) is 0 Å². The van der Waals surface area contributed by atoms with Gasteiger partial charge < -0.3 is 0 Å². The van der Waals surface area contributed by atoms with E-state index >= 15 is 0 Å². The third-order valence-corrected chi connectivity index (χ3v) is 2.74. The average molecular weight is 272 g/mol. The van der Waals surface area contributed by atoms with Crippen LogP contribution in [-0.4, -0.2) is 22.6 Å². The number of ether oxygens (including phenoxy) is 1. The molecular weight excluding hydrogens is 262 g/mol. The number of hydrogen-bond acceptors (Lipinski definition) is 3. The maximum atomic E-state index is 14.1. The minimum atomic E-state index is -0.554. The van der Waals surface area contributed by atoms with E-state index in [4.69, 9.17) is 4.74 Å². The van der Waals surface area contributed by atoms with Crippen molar-refractivity contribution in [2.75, 3.05) is 0 Å². The van der Waals surface area contributed by atoms with E-state index in [-0.39, 0.29) is 17.7 Å². The Hall–Kier alpha value is -1.83. The van der Waals surface area contributed by atoms with Crippen LogP contribution in [0.15, 0.2) is 48.5 Å².